The zero-order chi connectivity index (χ0) is 14.9. The third kappa shape index (κ3) is 2.99. The van der Waals surface area contributed by atoms with Crippen molar-refractivity contribution in [2.75, 3.05) is 20.6 Å². The van der Waals surface area contributed by atoms with Crippen molar-refractivity contribution < 1.29 is 9.18 Å². The number of carbonyl (C=O) groups is 1. The molecule has 0 bridgehead atoms. The van der Waals surface area contributed by atoms with E-state index in [1.807, 2.05) is 25.9 Å². The Balaban J connectivity index is 2.21. The van der Waals surface area contributed by atoms with Crippen molar-refractivity contribution in [1.29, 1.82) is 0 Å². The number of carbonyl (C=O) groups excluding carboxylic acids is 1. The zero-order valence-electron chi connectivity index (χ0n) is 12.4. The molecule has 110 valence electrons. The smallest absolute Gasteiger partial charge is 0.241 e. The third-order valence-electron chi connectivity index (χ3n) is 3.90. The lowest BCUT2D eigenvalue weighted by molar-refractivity contribution is -0.130. The van der Waals surface area contributed by atoms with Gasteiger partial charge < -0.3 is 9.80 Å². The minimum Gasteiger partial charge on any atom is -0.320 e. The molecule has 1 saturated heterocycles. The van der Waals surface area contributed by atoms with Gasteiger partial charge in [0.25, 0.3) is 0 Å². The molecule has 3 unspecified atom stereocenters. The quantitative estimate of drug-likeness (QED) is 0.909. The van der Waals surface area contributed by atoms with Crippen molar-refractivity contribution in [3.05, 3.63) is 35.6 Å². The number of halogens is 1. The van der Waals surface area contributed by atoms with Crippen LogP contribution in [0.3, 0.4) is 0 Å². The van der Waals surface area contributed by atoms with Crippen molar-refractivity contribution in [2.24, 2.45) is 0 Å². The van der Waals surface area contributed by atoms with Gasteiger partial charge in [0.05, 0.1) is 6.04 Å². The number of hydrogen-bond acceptors (Lipinski definition) is 3. The van der Waals surface area contributed by atoms with E-state index in [0.29, 0.717) is 6.54 Å². The second-order valence-electron chi connectivity index (χ2n) is 5.65. The van der Waals surface area contributed by atoms with Crippen LogP contribution in [0.25, 0.3) is 0 Å². The molecule has 0 aliphatic carbocycles. The number of rotatable bonds is 4. The molecule has 2 rings (SSSR count). The minimum absolute atomic E-state index is 0.0908. The average Bonchev–Trinajstić information content (AvgIpc) is 2.68. The molecule has 5 heteroatoms. The molecule has 4 nitrogen and oxygen atoms in total. The van der Waals surface area contributed by atoms with Gasteiger partial charge in [0, 0.05) is 12.6 Å². The summed E-state index contributed by atoms with van der Waals surface area (Å²) >= 11 is 0. The maximum atomic E-state index is 13.0. The number of likely N-dealkylation sites (N-methyl/N-ethyl adjacent to an activating group) is 1. The highest BCUT2D eigenvalue weighted by atomic mass is 19.1. The summed E-state index contributed by atoms with van der Waals surface area (Å²) in [5.41, 5.74) is 0.912. The van der Waals surface area contributed by atoms with Crippen molar-refractivity contribution in [3.8, 4) is 0 Å². The minimum atomic E-state index is -0.265. The predicted molar refractivity (Wildman–Crippen MR) is 76.6 cm³/mol. The lowest BCUT2D eigenvalue weighted by Crippen LogP contribution is -2.41. The summed E-state index contributed by atoms with van der Waals surface area (Å²) in [4.78, 5) is 16.2. The summed E-state index contributed by atoms with van der Waals surface area (Å²) < 4.78 is 13.0. The summed E-state index contributed by atoms with van der Waals surface area (Å²) in [5, 5.41) is 3.27. The number of nitrogens with zero attached hydrogens (tertiary/aromatic N) is 2. The van der Waals surface area contributed by atoms with Crippen molar-refractivity contribution in [1.82, 2.24) is 15.1 Å². The van der Waals surface area contributed by atoms with E-state index in [0.717, 1.165) is 5.56 Å². The van der Waals surface area contributed by atoms with Crippen LogP contribution in [0.1, 0.15) is 25.6 Å². The van der Waals surface area contributed by atoms with Crippen LogP contribution in [-0.4, -0.2) is 48.4 Å². The van der Waals surface area contributed by atoms with Gasteiger partial charge in [-0.05, 0) is 45.6 Å². The molecule has 3 atom stereocenters. The monoisotopic (exact) mass is 279 g/mol. The Hall–Kier alpha value is -1.46. The first kappa shape index (κ1) is 14.9. The van der Waals surface area contributed by atoms with Gasteiger partial charge in [-0.3, -0.25) is 10.1 Å². The Bertz CT molecular complexity index is 475. The van der Waals surface area contributed by atoms with Crippen LogP contribution < -0.4 is 5.32 Å². The van der Waals surface area contributed by atoms with Gasteiger partial charge in [-0.1, -0.05) is 12.1 Å². The van der Waals surface area contributed by atoms with Crippen LogP contribution in [0.5, 0.6) is 0 Å². The second-order valence-corrected chi connectivity index (χ2v) is 5.65. The first-order chi connectivity index (χ1) is 9.40. The molecule has 0 spiro atoms. The number of hydrogen-bond donors (Lipinski definition) is 1. The van der Waals surface area contributed by atoms with Crippen LogP contribution in [-0.2, 0) is 4.79 Å². The van der Waals surface area contributed by atoms with Gasteiger partial charge in [0.2, 0.25) is 5.91 Å². The molecule has 0 radical (unpaired) electrons. The maximum absolute atomic E-state index is 13.0. The van der Waals surface area contributed by atoms with Crippen LogP contribution in [0.4, 0.5) is 4.39 Å². The molecule has 1 heterocycles. The number of nitrogens with one attached hydrogen (secondary N) is 1. The fourth-order valence-corrected chi connectivity index (χ4v) is 2.34. The Labute approximate surface area is 119 Å². The lowest BCUT2D eigenvalue weighted by atomic mass is 10.1. The number of amides is 1. The van der Waals surface area contributed by atoms with Gasteiger partial charge in [-0.15, -0.1) is 0 Å². The summed E-state index contributed by atoms with van der Waals surface area (Å²) in [6.07, 6.45) is -0.180. The Morgan fingerprint density at radius 3 is 2.50 bits per heavy atom. The normalized spacial score (nSPS) is 24.5. The molecule has 1 N–H and O–H groups in total. The zero-order valence-corrected chi connectivity index (χ0v) is 12.4. The van der Waals surface area contributed by atoms with Crippen LogP contribution in [0.2, 0.25) is 0 Å². The lowest BCUT2D eigenvalue weighted by Gasteiger charge is -2.30. The molecule has 20 heavy (non-hydrogen) atoms. The molecule has 0 aromatic heterocycles. The number of benzene rings is 1. The molecule has 1 aromatic carbocycles. The predicted octanol–water partition coefficient (Wildman–Crippen LogP) is 1.59. The Morgan fingerprint density at radius 2 is 1.95 bits per heavy atom. The van der Waals surface area contributed by atoms with Gasteiger partial charge in [0.1, 0.15) is 12.0 Å². The second kappa shape index (κ2) is 5.89. The van der Waals surface area contributed by atoms with Gasteiger partial charge in [0.15, 0.2) is 0 Å². The molecule has 1 fully saturated rings. The van der Waals surface area contributed by atoms with E-state index >= 15 is 0 Å². The van der Waals surface area contributed by atoms with E-state index in [1.165, 1.54) is 12.1 Å². The van der Waals surface area contributed by atoms with Crippen LogP contribution >= 0.6 is 0 Å². The SMILES string of the molecule is CC1NC(c2ccc(F)cc2)N(CC(C)N(C)C)C1=O. The molecular weight excluding hydrogens is 257 g/mol. The molecule has 1 aliphatic rings. The maximum Gasteiger partial charge on any atom is 0.241 e. The highest BCUT2D eigenvalue weighted by molar-refractivity contribution is 5.84. The van der Waals surface area contributed by atoms with E-state index in [-0.39, 0.29) is 30.0 Å². The fourth-order valence-electron chi connectivity index (χ4n) is 2.34. The van der Waals surface area contributed by atoms with E-state index in [4.69, 9.17) is 0 Å². The third-order valence-corrected chi connectivity index (χ3v) is 3.90. The fraction of sp³-hybridized carbons (Fsp3) is 0.533. The van der Waals surface area contributed by atoms with E-state index in [9.17, 15) is 9.18 Å². The first-order valence-electron chi connectivity index (χ1n) is 6.88. The molecule has 0 saturated carbocycles. The summed E-state index contributed by atoms with van der Waals surface area (Å²) in [6.45, 7) is 4.59. The summed E-state index contributed by atoms with van der Waals surface area (Å²) in [7, 11) is 3.99. The molecule has 1 amide bonds. The topological polar surface area (TPSA) is 35.6 Å². The molecular formula is C15H22FN3O. The molecule has 1 aromatic rings. The standard InChI is InChI=1S/C15H22FN3O/c1-10(18(3)4)9-19-14(17-11(2)15(19)20)12-5-7-13(16)8-6-12/h5-8,10-11,14,17H,9H2,1-4H3. The largest absolute Gasteiger partial charge is 0.320 e. The molecule has 1 aliphatic heterocycles. The summed E-state index contributed by atoms with van der Waals surface area (Å²) in [6, 6.07) is 6.36. The highest BCUT2D eigenvalue weighted by Crippen LogP contribution is 2.26. The first-order valence-corrected chi connectivity index (χ1v) is 6.88. The van der Waals surface area contributed by atoms with Gasteiger partial charge in [-0.2, -0.15) is 0 Å². The van der Waals surface area contributed by atoms with Crippen molar-refractivity contribution in [3.63, 3.8) is 0 Å². The van der Waals surface area contributed by atoms with Gasteiger partial charge >= 0.3 is 0 Å². The Kier molecular flexibility index (Phi) is 4.40. The van der Waals surface area contributed by atoms with Gasteiger partial charge in [-0.25, -0.2) is 4.39 Å². The average molecular weight is 279 g/mol. The van der Waals surface area contributed by atoms with Crippen LogP contribution in [0.15, 0.2) is 24.3 Å². The summed E-state index contributed by atoms with van der Waals surface area (Å²) in [5.74, 6) is -0.174. The van der Waals surface area contributed by atoms with E-state index in [2.05, 4.69) is 17.1 Å². The van der Waals surface area contributed by atoms with E-state index in [1.54, 1.807) is 12.1 Å². The van der Waals surface area contributed by atoms with E-state index < -0.39 is 0 Å². The van der Waals surface area contributed by atoms with Crippen molar-refractivity contribution >= 4 is 5.91 Å². The van der Waals surface area contributed by atoms with Crippen LogP contribution in [0, 0.1) is 5.82 Å². The highest BCUT2D eigenvalue weighted by Gasteiger charge is 2.37. The Morgan fingerprint density at radius 1 is 1.35 bits per heavy atom. The van der Waals surface area contributed by atoms with Crippen molar-refractivity contribution in [2.45, 2.75) is 32.1 Å².